The number of ether oxygens (including phenoxy) is 1. The van der Waals surface area contributed by atoms with Crippen molar-refractivity contribution < 1.29 is 18.7 Å². The molecule has 4 rings (SSSR count). The van der Waals surface area contributed by atoms with Gasteiger partial charge < -0.3 is 15.4 Å². The Morgan fingerprint density at radius 3 is 2.53 bits per heavy atom. The third-order valence-corrected chi connectivity index (χ3v) is 6.28. The Morgan fingerprint density at radius 2 is 1.90 bits per heavy atom. The average molecular weight is 414 g/mol. The Bertz CT molecular complexity index is 870. The Kier molecular flexibility index (Phi) is 5.85. The molecule has 1 saturated heterocycles. The third kappa shape index (κ3) is 3.71. The minimum absolute atomic E-state index is 0.0384. The van der Waals surface area contributed by atoms with Crippen LogP contribution in [0.5, 0.6) is 0 Å². The zero-order valence-electron chi connectivity index (χ0n) is 17.2. The maximum absolute atomic E-state index is 13.7. The van der Waals surface area contributed by atoms with E-state index in [0.717, 1.165) is 12.0 Å². The first-order chi connectivity index (χ1) is 14.5. The average Bonchev–Trinajstić information content (AvgIpc) is 3.42. The fraction of sp³-hybridized carbons (Fsp3) is 0.500. The van der Waals surface area contributed by atoms with Crippen LogP contribution in [0.25, 0.3) is 0 Å². The molecule has 2 amide bonds. The molecule has 1 heterocycles. The van der Waals surface area contributed by atoms with Gasteiger partial charge in [-0.15, -0.1) is 0 Å². The van der Waals surface area contributed by atoms with Crippen molar-refractivity contribution in [1.29, 1.82) is 0 Å². The largest absolute Gasteiger partial charge is 0.380 e. The number of aliphatic imine (C=N–C) groups is 1. The fourth-order valence-corrected chi connectivity index (χ4v) is 4.88. The number of carbonyl (C=O) groups excluding carboxylic acids is 2. The van der Waals surface area contributed by atoms with Crippen LogP contribution in [0.3, 0.4) is 0 Å². The van der Waals surface area contributed by atoms with Crippen LogP contribution in [0.1, 0.15) is 17.5 Å². The standard InChI is InChI=1S/C22H27FN4O3/c1-24-22(26-11-13-3-6-17(23)16(9-13)12-30-2)25-7-8-27-20(28)18-14-4-5-15(10-14)19(18)21(27)29/h3-6,9,14-15,18-19H,7-8,10-12H2,1-2H3,(H2,24,25,26). The van der Waals surface area contributed by atoms with Gasteiger partial charge in [0.05, 0.1) is 18.4 Å². The summed E-state index contributed by atoms with van der Waals surface area (Å²) < 4.78 is 18.8. The van der Waals surface area contributed by atoms with E-state index in [1.54, 1.807) is 19.2 Å². The molecule has 1 aromatic carbocycles. The lowest BCUT2D eigenvalue weighted by molar-refractivity contribution is -0.140. The van der Waals surface area contributed by atoms with Crippen molar-refractivity contribution in [3.8, 4) is 0 Å². The molecule has 2 fully saturated rings. The van der Waals surface area contributed by atoms with Crippen LogP contribution in [0.4, 0.5) is 4.39 Å². The lowest BCUT2D eigenvalue weighted by atomic mass is 9.85. The van der Waals surface area contributed by atoms with Crippen LogP contribution in [0.2, 0.25) is 0 Å². The number of halogens is 1. The number of benzene rings is 1. The molecule has 2 aliphatic carbocycles. The lowest BCUT2D eigenvalue weighted by Crippen LogP contribution is -2.43. The summed E-state index contributed by atoms with van der Waals surface area (Å²) in [6, 6.07) is 4.88. The second kappa shape index (κ2) is 8.55. The number of rotatable bonds is 7. The van der Waals surface area contributed by atoms with Gasteiger partial charge in [0.1, 0.15) is 5.82 Å². The van der Waals surface area contributed by atoms with Gasteiger partial charge in [-0.1, -0.05) is 18.2 Å². The molecule has 30 heavy (non-hydrogen) atoms. The van der Waals surface area contributed by atoms with Crippen molar-refractivity contribution in [2.24, 2.45) is 28.7 Å². The third-order valence-electron chi connectivity index (χ3n) is 6.28. The second-order valence-corrected chi connectivity index (χ2v) is 8.04. The number of likely N-dealkylation sites (tertiary alicyclic amines) is 1. The Balaban J connectivity index is 1.27. The van der Waals surface area contributed by atoms with E-state index in [4.69, 9.17) is 4.74 Å². The van der Waals surface area contributed by atoms with E-state index in [-0.39, 0.29) is 47.9 Å². The number of hydrogen-bond acceptors (Lipinski definition) is 4. The van der Waals surface area contributed by atoms with Crippen molar-refractivity contribution in [2.75, 3.05) is 27.2 Å². The SMILES string of the molecule is CN=C(NCCN1C(=O)C2C3C=CC(C3)C2C1=O)NCc1ccc(F)c(COC)c1. The Hall–Kier alpha value is -2.74. The zero-order chi connectivity index (χ0) is 21.3. The molecule has 8 heteroatoms. The first-order valence-electron chi connectivity index (χ1n) is 10.3. The predicted octanol–water partition coefficient (Wildman–Crippen LogP) is 1.44. The minimum atomic E-state index is -0.295. The molecule has 2 bridgehead atoms. The summed E-state index contributed by atoms with van der Waals surface area (Å²) in [5, 5.41) is 6.30. The molecule has 0 radical (unpaired) electrons. The van der Waals surface area contributed by atoms with Gasteiger partial charge in [0, 0.05) is 39.4 Å². The van der Waals surface area contributed by atoms with E-state index in [0.29, 0.717) is 31.2 Å². The highest BCUT2D eigenvalue weighted by Crippen LogP contribution is 2.52. The van der Waals surface area contributed by atoms with Crippen LogP contribution in [-0.4, -0.2) is 49.9 Å². The summed E-state index contributed by atoms with van der Waals surface area (Å²) in [6.45, 7) is 1.40. The molecule has 7 nitrogen and oxygen atoms in total. The number of fused-ring (bicyclic) bond motifs is 5. The first-order valence-corrected chi connectivity index (χ1v) is 10.3. The second-order valence-electron chi connectivity index (χ2n) is 8.04. The highest BCUT2D eigenvalue weighted by molar-refractivity contribution is 6.06. The molecule has 1 aliphatic heterocycles. The number of nitrogens with one attached hydrogen (secondary N) is 2. The summed E-state index contributed by atoms with van der Waals surface area (Å²) in [5.74, 6) is 0.303. The maximum Gasteiger partial charge on any atom is 0.233 e. The normalized spacial score (nSPS) is 27.2. The van der Waals surface area contributed by atoms with E-state index < -0.39 is 0 Å². The number of hydrogen-bond donors (Lipinski definition) is 2. The van der Waals surface area contributed by atoms with Gasteiger partial charge in [-0.05, 0) is 36.0 Å². The zero-order valence-corrected chi connectivity index (χ0v) is 17.2. The number of guanidine groups is 1. The van der Waals surface area contributed by atoms with Crippen molar-refractivity contribution in [3.63, 3.8) is 0 Å². The topological polar surface area (TPSA) is 83.0 Å². The van der Waals surface area contributed by atoms with Crippen LogP contribution in [0.15, 0.2) is 35.3 Å². The summed E-state index contributed by atoms with van der Waals surface area (Å²) in [5.41, 5.74) is 1.40. The summed E-state index contributed by atoms with van der Waals surface area (Å²) in [4.78, 5) is 31.0. The van der Waals surface area contributed by atoms with E-state index in [1.165, 1.54) is 18.1 Å². The van der Waals surface area contributed by atoms with Crippen molar-refractivity contribution >= 4 is 17.8 Å². The van der Waals surface area contributed by atoms with Crippen molar-refractivity contribution in [1.82, 2.24) is 15.5 Å². The van der Waals surface area contributed by atoms with Gasteiger partial charge in [0.25, 0.3) is 0 Å². The molecular formula is C22H27FN4O3. The highest BCUT2D eigenvalue weighted by atomic mass is 19.1. The molecule has 0 aromatic heterocycles. The summed E-state index contributed by atoms with van der Waals surface area (Å²) in [7, 11) is 3.18. The highest BCUT2D eigenvalue weighted by Gasteiger charge is 2.58. The van der Waals surface area contributed by atoms with Gasteiger partial charge in [0.15, 0.2) is 5.96 Å². The van der Waals surface area contributed by atoms with Crippen LogP contribution < -0.4 is 10.6 Å². The molecule has 0 spiro atoms. The smallest absolute Gasteiger partial charge is 0.233 e. The lowest BCUT2D eigenvalue weighted by Gasteiger charge is -2.18. The molecule has 2 N–H and O–H groups in total. The number of imide groups is 1. The van der Waals surface area contributed by atoms with E-state index in [9.17, 15) is 14.0 Å². The van der Waals surface area contributed by atoms with Crippen LogP contribution in [0, 0.1) is 29.5 Å². The number of methoxy groups -OCH3 is 1. The quantitative estimate of drug-likeness (QED) is 0.305. The van der Waals surface area contributed by atoms with E-state index in [2.05, 4.69) is 27.8 Å². The van der Waals surface area contributed by atoms with Crippen LogP contribution in [-0.2, 0) is 27.5 Å². The van der Waals surface area contributed by atoms with E-state index in [1.807, 2.05) is 0 Å². The summed E-state index contributed by atoms with van der Waals surface area (Å²) in [6.07, 6.45) is 5.13. The summed E-state index contributed by atoms with van der Waals surface area (Å²) >= 11 is 0. The maximum atomic E-state index is 13.7. The molecule has 1 aromatic rings. The number of carbonyl (C=O) groups is 2. The van der Waals surface area contributed by atoms with Gasteiger partial charge in [0.2, 0.25) is 11.8 Å². The number of amides is 2. The molecule has 160 valence electrons. The van der Waals surface area contributed by atoms with Gasteiger partial charge in [-0.3, -0.25) is 19.5 Å². The van der Waals surface area contributed by atoms with Crippen LogP contribution >= 0.6 is 0 Å². The molecule has 4 unspecified atom stereocenters. The minimum Gasteiger partial charge on any atom is -0.380 e. The number of nitrogens with zero attached hydrogens (tertiary/aromatic N) is 2. The molecular weight excluding hydrogens is 387 g/mol. The van der Waals surface area contributed by atoms with Gasteiger partial charge in [-0.2, -0.15) is 0 Å². The monoisotopic (exact) mass is 414 g/mol. The van der Waals surface area contributed by atoms with Gasteiger partial charge >= 0.3 is 0 Å². The Morgan fingerprint density at radius 1 is 1.20 bits per heavy atom. The van der Waals surface area contributed by atoms with Gasteiger partial charge in [-0.25, -0.2) is 4.39 Å². The first kappa shape index (κ1) is 20.5. The van der Waals surface area contributed by atoms with Crippen molar-refractivity contribution in [3.05, 3.63) is 47.3 Å². The number of allylic oxidation sites excluding steroid dienone is 2. The molecule has 1 saturated carbocycles. The predicted molar refractivity (Wildman–Crippen MR) is 110 cm³/mol. The molecule has 4 atom stereocenters. The fourth-order valence-electron chi connectivity index (χ4n) is 4.88. The van der Waals surface area contributed by atoms with Crippen molar-refractivity contribution in [2.45, 2.75) is 19.6 Å². The molecule has 3 aliphatic rings. The Labute approximate surface area is 175 Å². The van der Waals surface area contributed by atoms with E-state index >= 15 is 0 Å².